The average molecular weight is 785 g/mol. The lowest BCUT2D eigenvalue weighted by Gasteiger charge is -2.18. The molecule has 0 fully saturated rings. The Morgan fingerprint density at radius 2 is 0.804 bits per heavy atom. The number of hydrogen-bond acceptors (Lipinski definition) is 5. The van der Waals surface area contributed by atoms with Gasteiger partial charge in [-0.3, -0.25) is 9.59 Å². The van der Waals surface area contributed by atoms with Crippen molar-refractivity contribution in [2.45, 2.75) is 245 Å². The number of hydrogen-bond donors (Lipinski definition) is 0. The Kier molecular flexibility index (Phi) is 45.4. The monoisotopic (exact) mass is 785 g/mol. The van der Waals surface area contributed by atoms with Crippen molar-refractivity contribution in [3.63, 3.8) is 0 Å². The van der Waals surface area contributed by atoms with E-state index in [4.69, 9.17) is 14.2 Å². The van der Waals surface area contributed by atoms with Crippen molar-refractivity contribution in [2.75, 3.05) is 19.8 Å². The molecule has 0 bridgehead atoms. The molecule has 0 spiro atoms. The highest BCUT2D eigenvalue weighted by atomic mass is 16.6. The van der Waals surface area contributed by atoms with Gasteiger partial charge in [-0.1, -0.05) is 185 Å². The molecule has 0 aliphatic carbocycles. The summed E-state index contributed by atoms with van der Waals surface area (Å²) in [5, 5.41) is 0. The Morgan fingerprint density at radius 3 is 1.32 bits per heavy atom. The third-order valence-electron chi connectivity index (χ3n) is 10.3. The van der Waals surface area contributed by atoms with Crippen LogP contribution in [0.4, 0.5) is 0 Å². The SMILES string of the molecule is CCC/C=C\C/C=C\CCCCCCCC(=O)OCC(COCCCCCCCC/C=C\CCCCCCCC)OC(=O)CCCCCCC/C=C\CCCC. The van der Waals surface area contributed by atoms with Gasteiger partial charge in [-0.05, 0) is 89.9 Å². The summed E-state index contributed by atoms with van der Waals surface area (Å²) in [6, 6.07) is 0. The Hall–Kier alpha value is -2.14. The number of carbonyl (C=O) groups excluding carboxylic acids is 2. The molecule has 0 rings (SSSR count). The second kappa shape index (κ2) is 47.2. The lowest BCUT2D eigenvalue weighted by atomic mass is 10.1. The summed E-state index contributed by atoms with van der Waals surface area (Å²) in [5.41, 5.74) is 0. The standard InChI is InChI=1S/C51H92O5/c1-4-7-10-13-16-19-22-24-25-26-28-31-34-37-40-43-46-54-47-49(56-51(53)45-42-39-36-33-29-21-18-15-12-9-6-3)48-55-50(52)44-41-38-35-32-30-27-23-20-17-14-11-8-5-2/h11,14-15,18,20,23-25,49H,4-10,12-13,16-17,19,21-22,26-48H2,1-3H3/b14-11-,18-15-,23-20-,25-24-. The summed E-state index contributed by atoms with van der Waals surface area (Å²) in [7, 11) is 0. The molecular weight excluding hydrogens is 693 g/mol. The molecule has 0 radical (unpaired) electrons. The van der Waals surface area contributed by atoms with Gasteiger partial charge in [-0.25, -0.2) is 0 Å². The number of unbranched alkanes of at least 4 members (excludes halogenated alkanes) is 25. The quantitative estimate of drug-likeness (QED) is 0.0350. The van der Waals surface area contributed by atoms with Gasteiger partial charge in [0.05, 0.1) is 6.61 Å². The number of rotatable bonds is 44. The molecule has 0 aliphatic heterocycles. The van der Waals surface area contributed by atoms with Crippen LogP contribution in [0.1, 0.15) is 239 Å². The zero-order chi connectivity index (χ0) is 40.7. The van der Waals surface area contributed by atoms with E-state index in [0.717, 1.165) is 70.6 Å². The molecule has 0 saturated carbocycles. The van der Waals surface area contributed by atoms with E-state index in [1.807, 2.05) is 0 Å². The Labute approximate surface area is 348 Å². The van der Waals surface area contributed by atoms with Gasteiger partial charge in [-0.2, -0.15) is 0 Å². The maximum absolute atomic E-state index is 12.7. The smallest absolute Gasteiger partial charge is 0.306 e. The average Bonchev–Trinajstić information content (AvgIpc) is 3.20. The van der Waals surface area contributed by atoms with Crippen LogP contribution in [0.15, 0.2) is 48.6 Å². The van der Waals surface area contributed by atoms with Crippen molar-refractivity contribution in [3.05, 3.63) is 48.6 Å². The number of ether oxygens (including phenoxy) is 3. The first kappa shape index (κ1) is 53.9. The van der Waals surface area contributed by atoms with Gasteiger partial charge in [0.25, 0.3) is 0 Å². The van der Waals surface area contributed by atoms with Crippen LogP contribution >= 0.6 is 0 Å². The predicted octanol–water partition coefficient (Wildman–Crippen LogP) is 16.0. The molecule has 0 N–H and O–H groups in total. The van der Waals surface area contributed by atoms with Crippen LogP contribution in [0.25, 0.3) is 0 Å². The Balaban J connectivity index is 4.26. The molecule has 0 aromatic carbocycles. The third kappa shape index (κ3) is 44.6. The van der Waals surface area contributed by atoms with Gasteiger partial charge in [0.2, 0.25) is 0 Å². The van der Waals surface area contributed by atoms with Crippen LogP contribution in [-0.2, 0) is 23.8 Å². The topological polar surface area (TPSA) is 61.8 Å². The highest BCUT2D eigenvalue weighted by Gasteiger charge is 2.17. The first-order valence-electron chi connectivity index (χ1n) is 24.2. The van der Waals surface area contributed by atoms with Crippen molar-refractivity contribution in [1.29, 1.82) is 0 Å². The largest absolute Gasteiger partial charge is 0.462 e. The van der Waals surface area contributed by atoms with Crippen molar-refractivity contribution >= 4 is 11.9 Å². The molecule has 1 unspecified atom stereocenters. The fraction of sp³-hybridized carbons (Fsp3) is 0.804. The fourth-order valence-electron chi connectivity index (χ4n) is 6.64. The minimum absolute atomic E-state index is 0.0731. The second-order valence-corrected chi connectivity index (χ2v) is 16.0. The summed E-state index contributed by atoms with van der Waals surface area (Å²) >= 11 is 0. The second-order valence-electron chi connectivity index (χ2n) is 16.0. The van der Waals surface area contributed by atoms with E-state index in [1.165, 1.54) is 135 Å². The maximum atomic E-state index is 12.7. The summed E-state index contributed by atoms with van der Waals surface area (Å²) < 4.78 is 17.3. The normalized spacial score (nSPS) is 12.6. The molecule has 0 aliphatic rings. The van der Waals surface area contributed by atoms with Crippen LogP contribution in [-0.4, -0.2) is 37.9 Å². The highest BCUT2D eigenvalue weighted by molar-refractivity contribution is 5.70. The molecule has 0 amide bonds. The summed E-state index contributed by atoms with van der Waals surface area (Å²) in [6.45, 7) is 7.70. The highest BCUT2D eigenvalue weighted by Crippen LogP contribution is 2.13. The molecule has 5 heteroatoms. The lowest BCUT2D eigenvalue weighted by Crippen LogP contribution is -2.30. The van der Waals surface area contributed by atoms with Gasteiger partial charge in [-0.15, -0.1) is 0 Å². The lowest BCUT2D eigenvalue weighted by molar-refractivity contribution is -0.163. The molecule has 0 aromatic rings. The molecular formula is C51H92O5. The maximum Gasteiger partial charge on any atom is 0.306 e. The van der Waals surface area contributed by atoms with Crippen molar-refractivity contribution in [2.24, 2.45) is 0 Å². The van der Waals surface area contributed by atoms with Crippen LogP contribution in [0, 0.1) is 0 Å². The van der Waals surface area contributed by atoms with Crippen LogP contribution < -0.4 is 0 Å². The number of carbonyl (C=O) groups is 2. The third-order valence-corrected chi connectivity index (χ3v) is 10.3. The van der Waals surface area contributed by atoms with E-state index < -0.39 is 6.10 Å². The van der Waals surface area contributed by atoms with E-state index in [2.05, 4.69) is 69.4 Å². The molecule has 0 saturated heterocycles. The molecule has 1 atom stereocenters. The van der Waals surface area contributed by atoms with E-state index in [0.29, 0.717) is 19.4 Å². The molecule has 56 heavy (non-hydrogen) atoms. The van der Waals surface area contributed by atoms with Gasteiger partial charge < -0.3 is 14.2 Å². The van der Waals surface area contributed by atoms with Crippen molar-refractivity contribution < 1.29 is 23.8 Å². The molecule has 0 aromatic heterocycles. The first-order chi connectivity index (χ1) is 27.6. The van der Waals surface area contributed by atoms with Crippen LogP contribution in [0.2, 0.25) is 0 Å². The summed E-state index contributed by atoms with van der Waals surface area (Å²) in [6.07, 6.45) is 56.8. The van der Waals surface area contributed by atoms with E-state index in [1.54, 1.807) is 0 Å². The molecule has 0 heterocycles. The van der Waals surface area contributed by atoms with Crippen LogP contribution in [0.5, 0.6) is 0 Å². The predicted molar refractivity (Wildman–Crippen MR) is 242 cm³/mol. The van der Waals surface area contributed by atoms with Crippen LogP contribution in [0.3, 0.4) is 0 Å². The number of allylic oxidation sites excluding steroid dienone is 8. The summed E-state index contributed by atoms with van der Waals surface area (Å²) in [4.78, 5) is 25.3. The van der Waals surface area contributed by atoms with E-state index in [9.17, 15) is 9.59 Å². The fourth-order valence-corrected chi connectivity index (χ4v) is 6.64. The summed E-state index contributed by atoms with van der Waals surface area (Å²) in [5.74, 6) is -0.424. The van der Waals surface area contributed by atoms with E-state index >= 15 is 0 Å². The first-order valence-corrected chi connectivity index (χ1v) is 24.2. The van der Waals surface area contributed by atoms with Gasteiger partial charge in [0, 0.05) is 19.4 Å². The minimum Gasteiger partial charge on any atom is -0.462 e. The molecule has 5 nitrogen and oxygen atoms in total. The number of esters is 2. The van der Waals surface area contributed by atoms with Gasteiger partial charge >= 0.3 is 11.9 Å². The minimum atomic E-state index is -0.546. The Morgan fingerprint density at radius 1 is 0.393 bits per heavy atom. The van der Waals surface area contributed by atoms with Crippen molar-refractivity contribution in [3.8, 4) is 0 Å². The van der Waals surface area contributed by atoms with E-state index in [-0.39, 0.29) is 25.2 Å². The van der Waals surface area contributed by atoms with Gasteiger partial charge in [0.1, 0.15) is 6.61 Å². The Bertz CT molecular complexity index is 935. The molecule has 326 valence electrons. The zero-order valence-corrected chi connectivity index (χ0v) is 37.4. The van der Waals surface area contributed by atoms with Gasteiger partial charge in [0.15, 0.2) is 6.10 Å². The zero-order valence-electron chi connectivity index (χ0n) is 37.4. The van der Waals surface area contributed by atoms with Crippen molar-refractivity contribution in [1.82, 2.24) is 0 Å².